The number of carboxylic acids is 1. The molecule has 1 heterocycles. The van der Waals surface area contributed by atoms with E-state index in [1.165, 1.54) is 6.07 Å². The van der Waals surface area contributed by atoms with Crippen LogP contribution in [0.25, 0.3) is 0 Å². The Balaban J connectivity index is 1.40. The van der Waals surface area contributed by atoms with Crippen molar-refractivity contribution in [3.05, 3.63) is 59.7 Å². The van der Waals surface area contributed by atoms with Gasteiger partial charge in [-0.3, -0.25) is 4.79 Å². The van der Waals surface area contributed by atoms with Gasteiger partial charge in [-0.15, -0.1) is 0 Å². The van der Waals surface area contributed by atoms with Crippen LogP contribution in [0.3, 0.4) is 0 Å². The van der Waals surface area contributed by atoms with Crippen molar-refractivity contribution in [3.8, 4) is 11.5 Å². The number of likely N-dealkylation sites (tertiary alicyclic amines) is 1. The number of β-amino-alcohol motifs (C(OH)–C–C–N with tert-alkyl or cyclic N) is 1. The number of halogens is 2. The predicted molar refractivity (Wildman–Crippen MR) is 110 cm³/mol. The largest absolute Gasteiger partial charge is 0.491 e. The number of aliphatic hydroxyl groups excluding tert-OH is 1. The van der Waals surface area contributed by atoms with Gasteiger partial charge in [-0.05, 0) is 43.0 Å². The van der Waals surface area contributed by atoms with E-state index in [0.717, 1.165) is 17.7 Å². The molecule has 8 heteroatoms. The second kappa shape index (κ2) is 11.1. The summed E-state index contributed by atoms with van der Waals surface area (Å²) in [5.74, 6) is -1.80. The maximum absolute atomic E-state index is 13.3. The molecule has 0 spiro atoms. The maximum atomic E-state index is 13.3. The van der Waals surface area contributed by atoms with Crippen LogP contribution in [0, 0.1) is 11.6 Å². The van der Waals surface area contributed by atoms with Gasteiger partial charge in [0.15, 0.2) is 11.6 Å². The Kier molecular flexibility index (Phi) is 8.20. The number of nitrogens with zero attached hydrogens (tertiary/aromatic N) is 1. The van der Waals surface area contributed by atoms with Gasteiger partial charge < -0.3 is 24.6 Å². The molecule has 1 atom stereocenters. The van der Waals surface area contributed by atoms with Gasteiger partial charge >= 0.3 is 5.97 Å². The Labute approximate surface area is 180 Å². The molecule has 1 unspecified atom stereocenters. The first kappa shape index (κ1) is 23.0. The summed E-state index contributed by atoms with van der Waals surface area (Å²) in [6.45, 7) is 1.96. The zero-order valence-corrected chi connectivity index (χ0v) is 17.2. The van der Waals surface area contributed by atoms with Crippen LogP contribution < -0.4 is 9.47 Å². The number of carbonyl (C=O) groups is 1. The van der Waals surface area contributed by atoms with E-state index < -0.39 is 23.7 Å². The topological polar surface area (TPSA) is 79.2 Å². The summed E-state index contributed by atoms with van der Waals surface area (Å²) in [6.07, 6.45) is 1.03. The van der Waals surface area contributed by atoms with Gasteiger partial charge in [0.25, 0.3) is 0 Å². The first-order chi connectivity index (χ1) is 14.9. The van der Waals surface area contributed by atoms with Crippen LogP contribution in [-0.2, 0) is 11.2 Å². The van der Waals surface area contributed by atoms with Crippen molar-refractivity contribution in [1.29, 1.82) is 0 Å². The number of hydrogen-bond donors (Lipinski definition) is 2. The molecule has 2 aromatic rings. The van der Waals surface area contributed by atoms with Crippen molar-refractivity contribution in [2.75, 3.05) is 26.2 Å². The number of aliphatic hydroxyl groups is 1. The van der Waals surface area contributed by atoms with Gasteiger partial charge in [0.2, 0.25) is 0 Å². The molecule has 2 aromatic carbocycles. The molecule has 31 heavy (non-hydrogen) atoms. The molecular formula is C23H27F2NO5. The SMILES string of the molecule is O=C(O)CCc1ccccc1OCC(O)CN1CCC(Oc2ccc(F)c(F)c2)CC1. The van der Waals surface area contributed by atoms with Gasteiger partial charge in [-0.2, -0.15) is 0 Å². The number of benzene rings is 2. The lowest BCUT2D eigenvalue weighted by atomic mass is 10.1. The van der Waals surface area contributed by atoms with Gasteiger partial charge in [0.05, 0.1) is 0 Å². The van der Waals surface area contributed by atoms with Crippen LogP contribution in [0.1, 0.15) is 24.8 Å². The van der Waals surface area contributed by atoms with E-state index in [9.17, 15) is 18.7 Å². The average molecular weight is 435 g/mol. The van der Waals surface area contributed by atoms with Gasteiger partial charge in [-0.1, -0.05) is 18.2 Å². The van der Waals surface area contributed by atoms with E-state index in [4.69, 9.17) is 14.6 Å². The minimum atomic E-state index is -0.928. The van der Waals surface area contributed by atoms with E-state index in [-0.39, 0.29) is 19.1 Å². The van der Waals surface area contributed by atoms with E-state index >= 15 is 0 Å². The second-order valence-corrected chi connectivity index (χ2v) is 7.66. The standard InChI is InChI=1S/C23H27F2NO5/c24-20-7-6-19(13-21(20)25)31-18-9-11-26(12-10-18)14-17(27)15-30-22-4-2-1-3-16(22)5-8-23(28)29/h1-4,6-7,13,17-18,27H,5,8-12,14-15H2,(H,28,29). The second-order valence-electron chi connectivity index (χ2n) is 7.66. The smallest absolute Gasteiger partial charge is 0.303 e. The lowest BCUT2D eigenvalue weighted by Crippen LogP contribution is -2.43. The fraction of sp³-hybridized carbons (Fsp3) is 0.435. The third kappa shape index (κ3) is 7.18. The minimum Gasteiger partial charge on any atom is -0.491 e. The number of rotatable bonds is 10. The summed E-state index contributed by atoms with van der Waals surface area (Å²) in [7, 11) is 0. The number of aryl methyl sites for hydroxylation is 1. The van der Waals surface area contributed by atoms with Crippen molar-refractivity contribution in [3.63, 3.8) is 0 Å². The van der Waals surface area contributed by atoms with Crippen molar-refractivity contribution in [1.82, 2.24) is 4.90 Å². The monoisotopic (exact) mass is 435 g/mol. The van der Waals surface area contributed by atoms with Crippen molar-refractivity contribution < 1.29 is 33.3 Å². The number of carboxylic acid groups (broad SMARTS) is 1. The highest BCUT2D eigenvalue weighted by Crippen LogP contribution is 2.22. The molecular weight excluding hydrogens is 408 g/mol. The molecule has 6 nitrogen and oxygen atoms in total. The number of hydrogen-bond acceptors (Lipinski definition) is 5. The molecule has 0 aromatic heterocycles. The van der Waals surface area contributed by atoms with Gasteiger partial charge in [0.1, 0.15) is 30.3 Å². The fourth-order valence-electron chi connectivity index (χ4n) is 3.58. The highest BCUT2D eigenvalue weighted by atomic mass is 19.2. The van der Waals surface area contributed by atoms with E-state index in [1.807, 2.05) is 18.2 Å². The first-order valence-corrected chi connectivity index (χ1v) is 10.4. The molecule has 1 aliphatic heterocycles. The number of aliphatic carboxylic acids is 1. The van der Waals surface area contributed by atoms with Crippen LogP contribution >= 0.6 is 0 Å². The van der Waals surface area contributed by atoms with Crippen LogP contribution in [-0.4, -0.2) is 59.5 Å². The van der Waals surface area contributed by atoms with Crippen molar-refractivity contribution in [2.24, 2.45) is 0 Å². The highest BCUT2D eigenvalue weighted by Gasteiger charge is 2.23. The van der Waals surface area contributed by atoms with E-state index in [0.29, 0.717) is 50.4 Å². The summed E-state index contributed by atoms with van der Waals surface area (Å²) in [5, 5.41) is 19.2. The van der Waals surface area contributed by atoms with Gasteiger partial charge in [-0.25, -0.2) is 8.78 Å². The number of para-hydroxylation sites is 1. The van der Waals surface area contributed by atoms with E-state index in [1.54, 1.807) is 6.07 Å². The lowest BCUT2D eigenvalue weighted by molar-refractivity contribution is -0.136. The predicted octanol–water partition coefficient (Wildman–Crippen LogP) is 3.27. The Hall–Kier alpha value is -2.71. The summed E-state index contributed by atoms with van der Waals surface area (Å²) in [4.78, 5) is 12.9. The van der Waals surface area contributed by atoms with Crippen LogP contribution in [0.2, 0.25) is 0 Å². The van der Waals surface area contributed by atoms with Crippen molar-refractivity contribution >= 4 is 5.97 Å². The quantitative estimate of drug-likeness (QED) is 0.597. The zero-order chi connectivity index (χ0) is 22.2. The molecule has 1 saturated heterocycles. The Morgan fingerprint density at radius 2 is 1.87 bits per heavy atom. The first-order valence-electron chi connectivity index (χ1n) is 10.4. The fourth-order valence-corrected chi connectivity index (χ4v) is 3.58. The summed E-state index contributed by atoms with van der Waals surface area (Å²) in [6, 6.07) is 10.7. The molecule has 0 aliphatic carbocycles. The third-order valence-corrected chi connectivity index (χ3v) is 5.21. The minimum absolute atomic E-state index is 0.0184. The Bertz CT molecular complexity index is 871. The molecule has 168 valence electrons. The summed E-state index contributed by atoms with van der Waals surface area (Å²) in [5.41, 5.74) is 0.798. The molecule has 0 amide bonds. The van der Waals surface area contributed by atoms with E-state index in [2.05, 4.69) is 4.90 Å². The average Bonchev–Trinajstić information content (AvgIpc) is 2.75. The Morgan fingerprint density at radius 3 is 2.58 bits per heavy atom. The number of piperidine rings is 1. The summed E-state index contributed by atoms with van der Waals surface area (Å²) >= 11 is 0. The molecule has 0 radical (unpaired) electrons. The zero-order valence-electron chi connectivity index (χ0n) is 17.2. The lowest BCUT2D eigenvalue weighted by Gasteiger charge is -2.33. The molecule has 3 rings (SSSR count). The van der Waals surface area contributed by atoms with Gasteiger partial charge in [0, 0.05) is 32.1 Å². The maximum Gasteiger partial charge on any atom is 0.303 e. The molecule has 2 N–H and O–H groups in total. The van der Waals surface area contributed by atoms with Crippen LogP contribution in [0.15, 0.2) is 42.5 Å². The van der Waals surface area contributed by atoms with Crippen molar-refractivity contribution in [2.45, 2.75) is 37.9 Å². The normalized spacial score (nSPS) is 16.1. The molecule has 1 aliphatic rings. The number of ether oxygens (including phenoxy) is 2. The summed E-state index contributed by atoms with van der Waals surface area (Å²) < 4.78 is 37.8. The highest BCUT2D eigenvalue weighted by molar-refractivity contribution is 5.67. The molecule has 1 fully saturated rings. The van der Waals surface area contributed by atoms with Crippen LogP contribution in [0.4, 0.5) is 8.78 Å². The van der Waals surface area contributed by atoms with Crippen LogP contribution in [0.5, 0.6) is 11.5 Å². The third-order valence-electron chi connectivity index (χ3n) is 5.21. The Morgan fingerprint density at radius 1 is 1.13 bits per heavy atom. The molecule has 0 bridgehead atoms. The molecule has 0 saturated carbocycles.